The summed E-state index contributed by atoms with van der Waals surface area (Å²) in [6.45, 7) is 1.91. The van der Waals surface area contributed by atoms with E-state index in [4.69, 9.17) is 11.6 Å². The molecule has 1 amide bonds. The molecule has 1 aliphatic heterocycles. The van der Waals surface area contributed by atoms with Crippen molar-refractivity contribution in [3.63, 3.8) is 0 Å². The lowest BCUT2D eigenvalue weighted by Crippen LogP contribution is -2.38. The van der Waals surface area contributed by atoms with Gasteiger partial charge in [-0.15, -0.1) is 0 Å². The predicted octanol–water partition coefficient (Wildman–Crippen LogP) is 3.04. The van der Waals surface area contributed by atoms with Gasteiger partial charge in [-0.1, -0.05) is 23.7 Å². The molecule has 152 valence electrons. The van der Waals surface area contributed by atoms with E-state index in [1.165, 1.54) is 23.3 Å². The van der Waals surface area contributed by atoms with Gasteiger partial charge in [0, 0.05) is 23.9 Å². The number of hydrazone groups is 1. The first-order valence-corrected chi connectivity index (χ1v) is 11.4. The molecule has 2 aliphatic rings. The number of rotatable bonds is 5. The van der Waals surface area contributed by atoms with Crippen LogP contribution in [0.15, 0.2) is 52.5 Å². The molecule has 0 bridgehead atoms. The Morgan fingerprint density at radius 3 is 2.52 bits per heavy atom. The Kier molecular flexibility index (Phi) is 5.46. The van der Waals surface area contributed by atoms with Crippen molar-refractivity contribution in [1.29, 1.82) is 0 Å². The molecule has 0 radical (unpaired) electrons. The predicted molar refractivity (Wildman–Crippen MR) is 112 cm³/mol. The smallest absolute Gasteiger partial charge is 0.240 e. The van der Waals surface area contributed by atoms with Crippen molar-refractivity contribution in [1.82, 2.24) is 10.1 Å². The number of nitrogens with zero attached hydrogens (tertiary/aromatic N) is 1. The Labute approximate surface area is 175 Å². The lowest BCUT2D eigenvalue weighted by atomic mass is 9.99. The number of fused-ring (bicyclic) bond motifs is 1. The van der Waals surface area contributed by atoms with E-state index in [2.05, 4.69) is 27.4 Å². The summed E-state index contributed by atoms with van der Waals surface area (Å²) in [6, 6.07) is 12.2. The average molecular weight is 432 g/mol. The van der Waals surface area contributed by atoms with Crippen LogP contribution in [0.1, 0.15) is 36.5 Å². The maximum atomic E-state index is 12.7. The van der Waals surface area contributed by atoms with Crippen LogP contribution in [0, 0.1) is 5.92 Å². The van der Waals surface area contributed by atoms with E-state index in [-0.39, 0.29) is 22.8 Å². The number of hydrogen-bond donors (Lipinski definition) is 2. The maximum absolute atomic E-state index is 12.7. The molecule has 1 heterocycles. The van der Waals surface area contributed by atoms with Crippen LogP contribution in [0.3, 0.4) is 0 Å². The molecule has 0 saturated carbocycles. The molecule has 2 atom stereocenters. The number of amides is 1. The monoisotopic (exact) mass is 431 g/mol. The topological polar surface area (TPSA) is 87.6 Å². The minimum Gasteiger partial charge on any atom is -0.273 e. The third kappa shape index (κ3) is 4.37. The molecule has 2 aromatic carbocycles. The third-order valence-electron chi connectivity index (χ3n) is 5.58. The van der Waals surface area contributed by atoms with Crippen molar-refractivity contribution >= 4 is 33.2 Å². The number of nitrogens with one attached hydrogen (secondary N) is 2. The Morgan fingerprint density at radius 2 is 1.83 bits per heavy atom. The van der Waals surface area contributed by atoms with Gasteiger partial charge in [-0.05, 0) is 72.7 Å². The Morgan fingerprint density at radius 1 is 1.10 bits per heavy atom. The van der Waals surface area contributed by atoms with Crippen LogP contribution in [0.2, 0.25) is 5.02 Å². The van der Waals surface area contributed by atoms with Gasteiger partial charge in [0.2, 0.25) is 15.9 Å². The SMILES string of the molecule is CC(NS(=O)(=O)c1ccc(Cl)cc1)C1Cc2ccc(C3=NNC(=O)CC3)cc2C1. The molecule has 29 heavy (non-hydrogen) atoms. The summed E-state index contributed by atoms with van der Waals surface area (Å²) in [5.41, 5.74) is 6.87. The van der Waals surface area contributed by atoms with E-state index in [0.29, 0.717) is 17.9 Å². The van der Waals surface area contributed by atoms with E-state index in [9.17, 15) is 13.2 Å². The van der Waals surface area contributed by atoms with E-state index < -0.39 is 10.0 Å². The lowest BCUT2D eigenvalue weighted by Gasteiger charge is -2.20. The first-order valence-electron chi connectivity index (χ1n) is 9.57. The second-order valence-electron chi connectivity index (χ2n) is 7.61. The van der Waals surface area contributed by atoms with Crippen LogP contribution >= 0.6 is 11.6 Å². The van der Waals surface area contributed by atoms with E-state index in [0.717, 1.165) is 24.1 Å². The maximum Gasteiger partial charge on any atom is 0.240 e. The molecular formula is C21H22ClN3O3S. The normalized spacial score (nSPS) is 20.0. The molecule has 0 aromatic heterocycles. The number of carbonyl (C=O) groups excluding carboxylic acids is 1. The number of sulfonamides is 1. The summed E-state index contributed by atoms with van der Waals surface area (Å²) < 4.78 is 28.1. The summed E-state index contributed by atoms with van der Waals surface area (Å²) in [5, 5.41) is 4.67. The molecule has 0 fully saturated rings. The first-order chi connectivity index (χ1) is 13.8. The lowest BCUT2D eigenvalue weighted by molar-refractivity contribution is -0.121. The zero-order valence-corrected chi connectivity index (χ0v) is 17.6. The molecule has 6 nitrogen and oxygen atoms in total. The molecule has 2 aromatic rings. The van der Waals surface area contributed by atoms with Gasteiger partial charge in [0.15, 0.2) is 0 Å². The van der Waals surface area contributed by atoms with Crippen molar-refractivity contribution in [2.24, 2.45) is 11.0 Å². The van der Waals surface area contributed by atoms with E-state index in [1.807, 2.05) is 13.0 Å². The first kappa shape index (κ1) is 20.1. The summed E-state index contributed by atoms with van der Waals surface area (Å²) in [6.07, 6.45) is 2.70. The molecular weight excluding hydrogens is 410 g/mol. The zero-order valence-electron chi connectivity index (χ0n) is 16.0. The summed E-state index contributed by atoms with van der Waals surface area (Å²) in [5.74, 6) is 0.118. The molecule has 2 N–H and O–H groups in total. The second kappa shape index (κ2) is 7.89. The van der Waals surface area contributed by atoms with Crippen molar-refractivity contribution in [3.05, 3.63) is 64.2 Å². The average Bonchev–Trinajstić information content (AvgIpc) is 3.12. The van der Waals surface area contributed by atoms with Crippen LogP contribution in [-0.2, 0) is 27.7 Å². The minimum atomic E-state index is -3.60. The van der Waals surface area contributed by atoms with Crippen LogP contribution in [0.25, 0.3) is 0 Å². The van der Waals surface area contributed by atoms with Crippen molar-refractivity contribution in [2.45, 2.75) is 43.5 Å². The summed E-state index contributed by atoms with van der Waals surface area (Å²) >= 11 is 5.85. The highest BCUT2D eigenvalue weighted by atomic mass is 35.5. The van der Waals surface area contributed by atoms with Gasteiger partial charge in [0.1, 0.15) is 0 Å². The third-order valence-corrected chi connectivity index (χ3v) is 7.41. The molecule has 2 unspecified atom stereocenters. The largest absolute Gasteiger partial charge is 0.273 e. The molecule has 1 aliphatic carbocycles. The molecule has 0 saturated heterocycles. The number of benzene rings is 2. The van der Waals surface area contributed by atoms with Gasteiger partial charge >= 0.3 is 0 Å². The van der Waals surface area contributed by atoms with Gasteiger partial charge in [0.25, 0.3) is 0 Å². The van der Waals surface area contributed by atoms with E-state index in [1.54, 1.807) is 12.1 Å². The number of carbonyl (C=O) groups is 1. The van der Waals surface area contributed by atoms with Crippen LogP contribution in [0.4, 0.5) is 0 Å². The Bertz CT molecular complexity index is 1080. The van der Waals surface area contributed by atoms with Gasteiger partial charge < -0.3 is 0 Å². The highest BCUT2D eigenvalue weighted by Gasteiger charge is 2.30. The van der Waals surface area contributed by atoms with Crippen LogP contribution < -0.4 is 10.1 Å². The van der Waals surface area contributed by atoms with Gasteiger partial charge in [-0.2, -0.15) is 5.10 Å². The van der Waals surface area contributed by atoms with Crippen molar-refractivity contribution < 1.29 is 13.2 Å². The number of hydrogen-bond acceptors (Lipinski definition) is 4. The Hall–Kier alpha value is -2.22. The highest BCUT2D eigenvalue weighted by molar-refractivity contribution is 7.89. The van der Waals surface area contributed by atoms with Gasteiger partial charge in [-0.3, -0.25) is 4.79 Å². The molecule has 8 heteroatoms. The van der Waals surface area contributed by atoms with Gasteiger partial charge in [-0.25, -0.2) is 18.6 Å². The highest BCUT2D eigenvalue weighted by Crippen LogP contribution is 2.31. The van der Waals surface area contributed by atoms with Crippen LogP contribution in [-0.4, -0.2) is 26.1 Å². The van der Waals surface area contributed by atoms with Crippen LogP contribution in [0.5, 0.6) is 0 Å². The zero-order chi connectivity index (χ0) is 20.6. The summed E-state index contributed by atoms with van der Waals surface area (Å²) in [4.78, 5) is 11.5. The summed E-state index contributed by atoms with van der Waals surface area (Å²) in [7, 11) is -3.60. The molecule has 0 spiro atoms. The number of halogens is 1. The van der Waals surface area contributed by atoms with Gasteiger partial charge in [0.05, 0.1) is 10.6 Å². The quantitative estimate of drug-likeness (QED) is 0.762. The fourth-order valence-electron chi connectivity index (χ4n) is 3.89. The standard InChI is InChI=1S/C21H22ClN3O3S/c1-13(25-29(27,28)19-6-4-18(22)5-7-19)16-10-14-2-3-15(11-17(14)12-16)20-8-9-21(26)24-23-20/h2-7,11,13,16,25H,8-10,12H2,1H3,(H,24,26). The fraction of sp³-hybridized carbons (Fsp3) is 0.333. The fourth-order valence-corrected chi connectivity index (χ4v) is 5.33. The van der Waals surface area contributed by atoms with E-state index >= 15 is 0 Å². The van der Waals surface area contributed by atoms with Crippen molar-refractivity contribution in [2.75, 3.05) is 0 Å². The van der Waals surface area contributed by atoms with Crippen molar-refractivity contribution in [3.8, 4) is 0 Å². The Balaban J connectivity index is 1.46. The minimum absolute atomic E-state index is 0.0585. The molecule has 4 rings (SSSR count). The second-order valence-corrected chi connectivity index (χ2v) is 9.76.